The Morgan fingerprint density at radius 2 is 1.93 bits per heavy atom. The van der Waals surface area contributed by atoms with Gasteiger partial charge in [-0.2, -0.15) is 4.31 Å². The van der Waals surface area contributed by atoms with Crippen molar-refractivity contribution < 1.29 is 22.7 Å². The monoisotopic (exact) mass is 409 g/mol. The van der Waals surface area contributed by atoms with Gasteiger partial charge in [0.15, 0.2) is 0 Å². The quantitative estimate of drug-likeness (QED) is 0.705. The smallest absolute Gasteiger partial charge is 0.243 e. The second-order valence-corrected chi connectivity index (χ2v) is 9.09. The molecule has 8 nitrogen and oxygen atoms in total. The fourth-order valence-electron chi connectivity index (χ4n) is 3.84. The Morgan fingerprint density at radius 3 is 2.57 bits per heavy atom. The lowest BCUT2D eigenvalue weighted by molar-refractivity contribution is -0.125. The molecular weight excluding hydrogens is 382 g/mol. The maximum atomic E-state index is 12.9. The molecule has 0 bridgehead atoms. The molecule has 1 aromatic carbocycles. The Balaban J connectivity index is 1.86. The SMILES string of the molecule is COCCNC(=O)[C@H]1Cc2cc(S(=O)(=O)N3CCCCC3)ccc2N1C(C)=O. The first-order valence-corrected chi connectivity index (χ1v) is 11.0. The van der Waals surface area contributed by atoms with Crippen molar-refractivity contribution in [2.24, 2.45) is 0 Å². The minimum atomic E-state index is -3.56. The van der Waals surface area contributed by atoms with E-state index in [0.29, 0.717) is 37.5 Å². The van der Waals surface area contributed by atoms with Crippen molar-refractivity contribution in [3.05, 3.63) is 23.8 Å². The van der Waals surface area contributed by atoms with Crippen molar-refractivity contribution in [2.45, 2.75) is 43.5 Å². The highest BCUT2D eigenvalue weighted by Gasteiger charge is 2.38. The molecule has 1 fully saturated rings. The molecule has 3 rings (SSSR count). The van der Waals surface area contributed by atoms with E-state index in [2.05, 4.69) is 5.32 Å². The summed E-state index contributed by atoms with van der Waals surface area (Å²) in [4.78, 5) is 26.4. The van der Waals surface area contributed by atoms with Crippen LogP contribution in [0.2, 0.25) is 0 Å². The Labute approximate surface area is 165 Å². The number of sulfonamides is 1. The van der Waals surface area contributed by atoms with Gasteiger partial charge in [-0.1, -0.05) is 6.42 Å². The Bertz CT molecular complexity index is 849. The summed E-state index contributed by atoms with van der Waals surface area (Å²) < 4.78 is 32.3. The lowest BCUT2D eigenvalue weighted by atomic mass is 10.1. The van der Waals surface area contributed by atoms with Crippen molar-refractivity contribution in [1.82, 2.24) is 9.62 Å². The van der Waals surface area contributed by atoms with Crippen LogP contribution in [0.25, 0.3) is 0 Å². The van der Waals surface area contributed by atoms with Gasteiger partial charge in [0.1, 0.15) is 6.04 Å². The summed E-state index contributed by atoms with van der Waals surface area (Å²) in [6.07, 6.45) is 3.07. The van der Waals surface area contributed by atoms with E-state index in [-0.39, 0.29) is 23.1 Å². The van der Waals surface area contributed by atoms with Crippen LogP contribution in [-0.2, 0) is 30.8 Å². The van der Waals surface area contributed by atoms with Gasteiger partial charge in [-0.3, -0.25) is 14.5 Å². The van der Waals surface area contributed by atoms with Crippen molar-refractivity contribution in [2.75, 3.05) is 38.3 Å². The van der Waals surface area contributed by atoms with Gasteiger partial charge < -0.3 is 10.1 Å². The van der Waals surface area contributed by atoms with Crippen LogP contribution in [0.4, 0.5) is 5.69 Å². The lowest BCUT2D eigenvalue weighted by Crippen LogP contribution is -2.48. The van der Waals surface area contributed by atoms with Crippen LogP contribution in [0.3, 0.4) is 0 Å². The van der Waals surface area contributed by atoms with Crippen LogP contribution in [-0.4, -0.2) is 63.9 Å². The van der Waals surface area contributed by atoms with E-state index in [0.717, 1.165) is 19.3 Å². The minimum Gasteiger partial charge on any atom is -0.383 e. The third kappa shape index (κ3) is 4.06. The van der Waals surface area contributed by atoms with E-state index >= 15 is 0 Å². The van der Waals surface area contributed by atoms with Gasteiger partial charge in [0.25, 0.3) is 0 Å². The number of rotatable bonds is 6. The molecule has 9 heteroatoms. The third-order valence-electron chi connectivity index (χ3n) is 5.24. The minimum absolute atomic E-state index is 0.220. The van der Waals surface area contributed by atoms with E-state index < -0.39 is 16.1 Å². The van der Waals surface area contributed by atoms with Crippen molar-refractivity contribution in [3.63, 3.8) is 0 Å². The summed E-state index contributed by atoms with van der Waals surface area (Å²) in [5.41, 5.74) is 1.29. The molecule has 28 heavy (non-hydrogen) atoms. The number of anilines is 1. The maximum absolute atomic E-state index is 12.9. The van der Waals surface area contributed by atoms with E-state index in [9.17, 15) is 18.0 Å². The van der Waals surface area contributed by atoms with Gasteiger partial charge >= 0.3 is 0 Å². The summed E-state index contributed by atoms with van der Waals surface area (Å²) in [5, 5.41) is 2.76. The number of nitrogens with one attached hydrogen (secondary N) is 1. The zero-order chi connectivity index (χ0) is 20.3. The largest absolute Gasteiger partial charge is 0.383 e. The summed E-state index contributed by atoms with van der Waals surface area (Å²) in [5.74, 6) is -0.527. The zero-order valence-corrected chi connectivity index (χ0v) is 17.1. The number of hydrogen-bond acceptors (Lipinski definition) is 5. The molecule has 1 N–H and O–H groups in total. The van der Waals surface area contributed by atoms with Crippen LogP contribution in [0.15, 0.2) is 23.1 Å². The van der Waals surface area contributed by atoms with Crippen molar-refractivity contribution >= 4 is 27.5 Å². The van der Waals surface area contributed by atoms with E-state index in [1.165, 1.54) is 22.2 Å². The molecule has 2 aliphatic rings. The third-order valence-corrected chi connectivity index (χ3v) is 7.13. The highest BCUT2D eigenvalue weighted by molar-refractivity contribution is 7.89. The standard InChI is InChI=1S/C19H27N3O5S/c1-14(23)22-17-7-6-16(28(25,26)21-9-4-3-5-10-21)12-15(17)13-18(22)19(24)20-8-11-27-2/h6-7,12,18H,3-5,8-11,13H2,1-2H3,(H,20,24)/t18-/m1/s1. The molecule has 1 saturated heterocycles. The first-order chi connectivity index (χ1) is 13.4. The summed E-state index contributed by atoms with van der Waals surface area (Å²) >= 11 is 0. The second-order valence-electron chi connectivity index (χ2n) is 7.15. The van der Waals surface area contributed by atoms with Crippen molar-refractivity contribution in [1.29, 1.82) is 0 Å². The molecule has 1 aromatic rings. The average molecular weight is 410 g/mol. The van der Waals surface area contributed by atoms with Crippen LogP contribution < -0.4 is 10.2 Å². The van der Waals surface area contributed by atoms with Gasteiger partial charge in [0.2, 0.25) is 21.8 Å². The number of piperidine rings is 1. The maximum Gasteiger partial charge on any atom is 0.243 e. The number of methoxy groups -OCH3 is 1. The van der Waals surface area contributed by atoms with Crippen LogP contribution in [0, 0.1) is 0 Å². The van der Waals surface area contributed by atoms with Crippen molar-refractivity contribution in [3.8, 4) is 0 Å². The van der Waals surface area contributed by atoms with Crippen LogP contribution in [0.1, 0.15) is 31.7 Å². The lowest BCUT2D eigenvalue weighted by Gasteiger charge is -2.26. The first kappa shape index (κ1) is 20.8. The fraction of sp³-hybridized carbons (Fsp3) is 0.579. The normalized spacial score (nSPS) is 20.1. The molecule has 0 spiro atoms. The highest BCUT2D eigenvalue weighted by atomic mass is 32.2. The predicted molar refractivity (Wildman–Crippen MR) is 105 cm³/mol. The molecule has 2 heterocycles. The summed E-state index contributed by atoms with van der Waals surface area (Å²) in [6.45, 7) is 3.20. The van der Waals surface area contributed by atoms with Gasteiger partial charge in [-0.05, 0) is 36.6 Å². The first-order valence-electron chi connectivity index (χ1n) is 9.56. The van der Waals surface area contributed by atoms with Gasteiger partial charge in [0.05, 0.1) is 11.5 Å². The molecule has 0 aliphatic carbocycles. The second kappa shape index (κ2) is 8.59. The number of fused-ring (bicyclic) bond motifs is 1. The molecule has 2 aliphatic heterocycles. The molecule has 0 aromatic heterocycles. The van der Waals surface area contributed by atoms with Crippen LogP contribution in [0.5, 0.6) is 0 Å². The number of ether oxygens (including phenoxy) is 1. The summed E-state index contributed by atoms with van der Waals surface area (Å²) in [6, 6.07) is 4.09. The van der Waals surface area contributed by atoms with Gasteiger partial charge in [-0.15, -0.1) is 0 Å². The number of hydrogen-bond donors (Lipinski definition) is 1. The van der Waals surface area contributed by atoms with Gasteiger partial charge in [0, 0.05) is 45.8 Å². The number of carbonyl (C=O) groups excluding carboxylic acids is 2. The number of nitrogens with zero attached hydrogens (tertiary/aromatic N) is 2. The van der Waals surface area contributed by atoms with Crippen LogP contribution >= 0.6 is 0 Å². The predicted octanol–water partition coefficient (Wildman–Crippen LogP) is 0.901. The number of carbonyl (C=O) groups is 2. The number of benzene rings is 1. The Kier molecular flexibility index (Phi) is 6.36. The average Bonchev–Trinajstić information content (AvgIpc) is 3.08. The van der Waals surface area contributed by atoms with E-state index in [4.69, 9.17) is 4.74 Å². The molecule has 154 valence electrons. The molecule has 0 saturated carbocycles. The fourth-order valence-corrected chi connectivity index (χ4v) is 5.40. The zero-order valence-electron chi connectivity index (χ0n) is 16.3. The highest BCUT2D eigenvalue weighted by Crippen LogP contribution is 2.35. The number of amides is 2. The Hall–Kier alpha value is -1.97. The molecule has 0 radical (unpaired) electrons. The molecular formula is C19H27N3O5S. The summed E-state index contributed by atoms with van der Waals surface area (Å²) in [7, 11) is -2.02. The van der Waals surface area contributed by atoms with Gasteiger partial charge in [-0.25, -0.2) is 8.42 Å². The van der Waals surface area contributed by atoms with E-state index in [1.807, 2.05) is 0 Å². The molecule has 0 unspecified atom stereocenters. The topological polar surface area (TPSA) is 96.0 Å². The molecule has 1 atom stereocenters. The van der Waals surface area contributed by atoms with E-state index in [1.54, 1.807) is 19.2 Å². The molecule has 2 amide bonds. The Morgan fingerprint density at radius 1 is 1.21 bits per heavy atom.